The number of hydrogen-bond acceptors (Lipinski definition) is 4. The van der Waals surface area contributed by atoms with E-state index in [0.717, 1.165) is 15.4 Å². The summed E-state index contributed by atoms with van der Waals surface area (Å²) < 4.78 is 1.00. The third kappa shape index (κ3) is 2.30. The van der Waals surface area contributed by atoms with Crippen LogP contribution in [0.5, 0.6) is 0 Å². The highest BCUT2D eigenvalue weighted by atomic mass is 79.9. The van der Waals surface area contributed by atoms with Gasteiger partial charge in [0.15, 0.2) is 5.13 Å². The molecule has 2 aromatic rings. The zero-order valence-electron chi connectivity index (χ0n) is 7.49. The molecular weight excluding hydrogens is 262 g/mol. The van der Waals surface area contributed by atoms with Gasteiger partial charge in [0.05, 0.1) is 0 Å². The van der Waals surface area contributed by atoms with Gasteiger partial charge in [-0.25, -0.2) is 9.97 Å². The maximum absolute atomic E-state index is 4.19. The standard InChI is InChI=1S/C9H8BrN3S/c1-6-5-12-9(14-6)13-8-4-7(10)2-3-11-8/h2-5H,1H3,(H,11,12,13). The molecule has 0 spiro atoms. The van der Waals surface area contributed by atoms with E-state index in [1.165, 1.54) is 4.88 Å². The van der Waals surface area contributed by atoms with Gasteiger partial charge in [0.1, 0.15) is 5.82 Å². The Morgan fingerprint density at radius 2 is 2.29 bits per heavy atom. The number of nitrogens with one attached hydrogen (secondary N) is 1. The van der Waals surface area contributed by atoms with Crippen molar-refractivity contribution in [1.82, 2.24) is 9.97 Å². The summed E-state index contributed by atoms with van der Waals surface area (Å²) >= 11 is 4.99. The molecule has 72 valence electrons. The number of anilines is 2. The average Bonchev–Trinajstić information content (AvgIpc) is 2.51. The molecule has 2 aromatic heterocycles. The summed E-state index contributed by atoms with van der Waals surface area (Å²) in [7, 11) is 0. The van der Waals surface area contributed by atoms with E-state index in [4.69, 9.17) is 0 Å². The second kappa shape index (κ2) is 4.06. The molecule has 0 bridgehead atoms. The normalized spacial score (nSPS) is 10.1. The van der Waals surface area contributed by atoms with Crippen molar-refractivity contribution in [1.29, 1.82) is 0 Å². The van der Waals surface area contributed by atoms with Gasteiger partial charge in [-0.15, -0.1) is 11.3 Å². The van der Waals surface area contributed by atoms with Gasteiger partial charge in [-0.1, -0.05) is 15.9 Å². The fourth-order valence-electron chi connectivity index (χ4n) is 0.995. The first-order valence-corrected chi connectivity index (χ1v) is 5.66. The predicted molar refractivity (Wildman–Crippen MR) is 62.1 cm³/mol. The Bertz CT molecular complexity index is 441. The molecule has 0 amide bonds. The van der Waals surface area contributed by atoms with Crippen LogP contribution in [-0.2, 0) is 0 Å². The van der Waals surface area contributed by atoms with Gasteiger partial charge >= 0.3 is 0 Å². The summed E-state index contributed by atoms with van der Waals surface area (Å²) in [5.41, 5.74) is 0. The second-order valence-corrected chi connectivity index (χ2v) is 4.91. The smallest absolute Gasteiger partial charge is 0.188 e. The maximum atomic E-state index is 4.19. The van der Waals surface area contributed by atoms with Crippen LogP contribution in [0, 0.1) is 6.92 Å². The number of aromatic nitrogens is 2. The van der Waals surface area contributed by atoms with E-state index >= 15 is 0 Å². The number of aryl methyl sites for hydroxylation is 1. The fraction of sp³-hybridized carbons (Fsp3) is 0.111. The summed E-state index contributed by atoms with van der Waals surface area (Å²) in [4.78, 5) is 9.55. The predicted octanol–water partition coefficient (Wildman–Crippen LogP) is 3.35. The van der Waals surface area contributed by atoms with Gasteiger partial charge in [0, 0.05) is 21.7 Å². The molecular formula is C9H8BrN3S. The Labute approximate surface area is 94.4 Å². The molecule has 0 saturated heterocycles. The van der Waals surface area contributed by atoms with E-state index in [1.807, 2.05) is 25.3 Å². The SMILES string of the molecule is Cc1cnc(Nc2cc(Br)ccn2)s1. The Morgan fingerprint density at radius 1 is 1.43 bits per heavy atom. The first kappa shape index (κ1) is 9.61. The number of hydrogen-bond donors (Lipinski definition) is 1. The van der Waals surface area contributed by atoms with Crippen molar-refractivity contribution in [3.63, 3.8) is 0 Å². The minimum atomic E-state index is 0.800. The number of pyridine rings is 1. The zero-order chi connectivity index (χ0) is 9.97. The molecule has 0 fully saturated rings. The van der Waals surface area contributed by atoms with Crippen molar-refractivity contribution in [3.8, 4) is 0 Å². The van der Waals surface area contributed by atoms with E-state index < -0.39 is 0 Å². The summed E-state index contributed by atoms with van der Waals surface area (Å²) in [5.74, 6) is 0.800. The number of thiazole rings is 1. The topological polar surface area (TPSA) is 37.8 Å². The highest BCUT2D eigenvalue weighted by Gasteiger charge is 1.99. The van der Waals surface area contributed by atoms with Crippen molar-refractivity contribution >= 4 is 38.2 Å². The Kier molecular flexibility index (Phi) is 2.79. The van der Waals surface area contributed by atoms with Gasteiger partial charge in [-0.2, -0.15) is 0 Å². The van der Waals surface area contributed by atoms with Crippen LogP contribution in [0.1, 0.15) is 4.88 Å². The van der Waals surface area contributed by atoms with Gasteiger partial charge in [0.2, 0.25) is 0 Å². The summed E-state index contributed by atoms with van der Waals surface area (Å²) in [6, 6.07) is 3.80. The van der Waals surface area contributed by atoms with Crippen LogP contribution in [-0.4, -0.2) is 9.97 Å². The lowest BCUT2D eigenvalue weighted by Gasteiger charge is -2.00. The average molecular weight is 270 g/mol. The van der Waals surface area contributed by atoms with Gasteiger partial charge < -0.3 is 5.32 Å². The van der Waals surface area contributed by atoms with Crippen molar-refractivity contribution in [3.05, 3.63) is 33.9 Å². The molecule has 0 aliphatic carbocycles. The van der Waals surface area contributed by atoms with Crippen molar-refractivity contribution in [2.24, 2.45) is 0 Å². The van der Waals surface area contributed by atoms with Crippen LogP contribution in [0.25, 0.3) is 0 Å². The molecule has 3 nitrogen and oxygen atoms in total. The number of halogens is 1. The molecule has 0 aliphatic rings. The molecule has 1 N–H and O–H groups in total. The minimum Gasteiger partial charge on any atom is -0.316 e. The van der Waals surface area contributed by atoms with Gasteiger partial charge in [0.25, 0.3) is 0 Å². The lowest BCUT2D eigenvalue weighted by Crippen LogP contribution is -1.91. The molecule has 0 aliphatic heterocycles. The molecule has 0 saturated carbocycles. The fourth-order valence-corrected chi connectivity index (χ4v) is 2.00. The van der Waals surface area contributed by atoms with Crippen LogP contribution in [0.3, 0.4) is 0 Å². The molecule has 0 unspecified atom stereocenters. The van der Waals surface area contributed by atoms with E-state index in [0.29, 0.717) is 0 Å². The maximum Gasteiger partial charge on any atom is 0.188 e. The zero-order valence-corrected chi connectivity index (χ0v) is 9.89. The van der Waals surface area contributed by atoms with Crippen LogP contribution < -0.4 is 5.32 Å². The molecule has 14 heavy (non-hydrogen) atoms. The molecule has 0 aromatic carbocycles. The largest absolute Gasteiger partial charge is 0.316 e. The van der Waals surface area contributed by atoms with Crippen molar-refractivity contribution in [2.75, 3.05) is 5.32 Å². The quantitative estimate of drug-likeness (QED) is 0.909. The summed E-state index contributed by atoms with van der Waals surface area (Å²) in [6.07, 6.45) is 3.58. The summed E-state index contributed by atoms with van der Waals surface area (Å²) in [5, 5.41) is 4.00. The second-order valence-electron chi connectivity index (χ2n) is 2.76. The van der Waals surface area contributed by atoms with Crippen LogP contribution >= 0.6 is 27.3 Å². The van der Waals surface area contributed by atoms with E-state index in [1.54, 1.807) is 17.5 Å². The van der Waals surface area contributed by atoms with Crippen molar-refractivity contribution in [2.45, 2.75) is 6.92 Å². The summed E-state index contributed by atoms with van der Waals surface area (Å²) in [6.45, 7) is 2.02. The molecule has 2 heterocycles. The Balaban J connectivity index is 2.18. The highest BCUT2D eigenvalue weighted by molar-refractivity contribution is 9.10. The van der Waals surface area contributed by atoms with Gasteiger partial charge in [-0.05, 0) is 19.1 Å². The number of rotatable bonds is 2. The molecule has 5 heteroatoms. The van der Waals surface area contributed by atoms with Gasteiger partial charge in [-0.3, -0.25) is 0 Å². The van der Waals surface area contributed by atoms with Crippen LogP contribution in [0.4, 0.5) is 10.9 Å². The lowest BCUT2D eigenvalue weighted by atomic mass is 10.5. The minimum absolute atomic E-state index is 0.800. The van der Waals surface area contributed by atoms with E-state index in [-0.39, 0.29) is 0 Å². The third-order valence-electron chi connectivity index (χ3n) is 1.58. The Morgan fingerprint density at radius 3 is 2.93 bits per heavy atom. The lowest BCUT2D eigenvalue weighted by molar-refractivity contribution is 1.28. The molecule has 0 radical (unpaired) electrons. The molecule has 0 atom stereocenters. The van der Waals surface area contributed by atoms with Crippen LogP contribution in [0.2, 0.25) is 0 Å². The third-order valence-corrected chi connectivity index (χ3v) is 2.90. The van der Waals surface area contributed by atoms with Crippen molar-refractivity contribution < 1.29 is 0 Å². The monoisotopic (exact) mass is 269 g/mol. The number of nitrogens with zero attached hydrogens (tertiary/aromatic N) is 2. The molecule has 2 rings (SSSR count). The Hall–Kier alpha value is -0.940. The first-order valence-electron chi connectivity index (χ1n) is 4.05. The highest BCUT2D eigenvalue weighted by Crippen LogP contribution is 2.21. The first-order chi connectivity index (χ1) is 6.74. The van der Waals surface area contributed by atoms with E-state index in [9.17, 15) is 0 Å². The van der Waals surface area contributed by atoms with E-state index in [2.05, 4.69) is 31.2 Å². The van der Waals surface area contributed by atoms with Crippen LogP contribution in [0.15, 0.2) is 29.0 Å².